The number of hydrogen-bond acceptors (Lipinski definition) is 1. The van der Waals surface area contributed by atoms with Gasteiger partial charge in [-0.05, 0) is 30.4 Å². The summed E-state index contributed by atoms with van der Waals surface area (Å²) in [6.45, 7) is 2.20. The van der Waals surface area contributed by atoms with Gasteiger partial charge in [0.1, 0.15) is 0 Å². The predicted molar refractivity (Wildman–Crippen MR) is 60.3 cm³/mol. The van der Waals surface area contributed by atoms with Crippen molar-refractivity contribution < 1.29 is 0 Å². The predicted octanol–water partition coefficient (Wildman–Crippen LogP) is 3.31. The van der Waals surface area contributed by atoms with E-state index in [1.165, 1.54) is 12.8 Å². The van der Waals surface area contributed by atoms with Crippen LogP contribution in [-0.4, -0.2) is 0 Å². The standard InChI is InChI=1S/C12H16ClN/c1-2-5-9-8-12(9,14)10-6-3-4-7-11(10)13/h3-4,6-7,9H,2,5,8,14H2,1H3. The van der Waals surface area contributed by atoms with Gasteiger partial charge in [-0.1, -0.05) is 43.1 Å². The van der Waals surface area contributed by atoms with Crippen molar-refractivity contribution in [2.45, 2.75) is 31.7 Å². The maximum Gasteiger partial charge on any atom is 0.0457 e. The van der Waals surface area contributed by atoms with E-state index in [4.69, 9.17) is 17.3 Å². The van der Waals surface area contributed by atoms with Crippen LogP contribution in [0.5, 0.6) is 0 Å². The lowest BCUT2D eigenvalue weighted by Gasteiger charge is -2.13. The number of hydrogen-bond donors (Lipinski definition) is 1. The van der Waals surface area contributed by atoms with Crippen molar-refractivity contribution in [3.05, 3.63) is 34.9 Å². The van der Waals surface area contributed by atoms with Gasteiger partial charge in [0.25, 0.3) is 0 Å². The Morgan fingerprint density at radius 2 is 2.21 bits per heavy atom. The first-order valence-electron chi connectivity index (χ1n) is 5.22. The molecule has 2 atom stereocenters. The Kier molecular flexibility index (Phi) is 2.54. The molecule has 2 heteroatoms. The summed E-state index contributed by atoms with van der Waals surface area (Å²) in [7, 11) is 0. The zero-order valence-corrected chi connectivity index (χ0v) is 9.22. The van der Waals surface area contributed by atoms with Crippen LogP contribution in [0.25, 0.3) is 0 Å². The Morgan fingerprint density at radius 3 is 2.86 bits per heavy atom. The van der Waals surface area contributed by atoms with Gasteiger partial charge in [-0.25, -0.2) is 0 Å². The van der Waals surface area contributed by atoms with Gasteiger partial charge >= 0.3 is 0 Å². The van der Waals surface area contributed by atoms with Gasteiger partial charge in [0.2, 0.25) is 0 Å². The fraction of sp³-hybridized carbons (Fsp3) is 0.500. The lowest BCUT2D eigenvalue weighted by Crippen LogP contribution is -2.22. The maximum absolute atomic E-state index is 6.31. The molecule has 2 unspecified atom stereocenters. The van der Waals surface area contributed by atoms with Crippen molar-refractivity contribution in [1.82, 2.24) is 0 Å². The minimum Gasteiger partial charge on any atom is -0.321 e. The quantitative estimate of drug-likeness (QED) is 0.812. The van der Waals surface area contributed by atoms with Crippen LogP contribution in [0.1, 0.15) is 31.7 Å². The van der Waals surface area contributed by atoms with Gasteiger partial charge in [-0.2, -0.15) is 0 Å². The second-order valence-electron chi connectivity index (χ2n) is 4.21. The van der Waals surface area contributed by atoms with Crippen LogP contribution in [0.3, 0.4) is 0 Å². The average Bonchev–Trinajstić information content (AvgIpc) is 2.79. The summed E-state index contributed by atoms with van der Waals surface area (Å²) in [5.41, 5.74) is 7.31. The van der Waals surface area contributed by atoms with Crippen LogP contribution in [-0.2, 0) is 5.54 Å². The highest BCUT2D eigenvalue weighted by Crippen LogP contribution is 2.53. The molecular formula is C12H16ClN. The summed E-state index contributed by atoms with van der Waals surface area (Å²) in [5.74, 6) is 0.632. The Labute approximate surface area is 90.3 Å². The van der Waals surface area contributed by atoms with Crippen molar-refractivity contribution in [1.29, 1.82) is 0 Å². The molecule has 1 aromatic rings. The van der Waals surface area contributed by atoms with Gasteiger partial charge in [0.15, 0.2) is 0 Å². The van der Waals surface area contributed by atoms with Gasteiger partial charge in [0.05, 0.1) is 0 Å². The summed E-state index contributed by atoms with van der Waals surface area (Å²) < 4.78 is 0. The summed E-state index contributed by atoms with van der Waals surface area (Å²) in [5, 5.41) is 0.814. The normalized spacial score (nSPS) is 30.4. The molecule has 0 bridgehead atoms. The van der Waals surface area contributed by atoms with Crippen LogP contribution in [0.15, 0.2) is 24.3 Å². The third-order valence-corrected chi connectivity index (χ3v) is 3.49. The van der Waals surface area contributed by atoms with E-state index in [0.29, 0.717) is 5.92 Å². The van der Waals surface area contributed by atoms with Crippen LogP contribution in [0.4, 0.5) is 0 Å². The maximum atomic E-state index is 6.31. The summed E-state index contributed by atoms with van der Waals surface area (Å²) in [6, 6.07) is 7.94. The molecule has 14 heavy (non-hydrogen) atoms. The minimum absolute atomic E-state index is 0.131. The lowest BCUT2D eigenvalue weighted by atomic mass is 10.0. The van der Waals surface area contributed by atoms with Crippen LogP contribution in [0, 0.1) is 5.92 Å². The third-order valence-electron chi connectivity index (χ3n) is 3.16. The van der Waals surface area contributed by atoms with Crippen molar-refractivity contribution in [3.63, 3.8) is 0 Å². The lowest BCUT2D eigenvalue weighted by molar-refractivity contribution is 0.584. The van der Waals surface area contributed by atoms with E-state index in [9.17, 15) is 0 Å². The molecule has 0 amide bonds. The van der Waals surface area contributed by atoms with E-state index in [1.54, 1.807) is 0 Å². The van der Waals surface area contributed by atoms with E-state index in [1.807, 2.05) is 18.2 Å². The van der Waals surface area contributed by atoms with Crippen molar-refractivity contribution >= 4 is 11.6 Å². The van der Waals surface area contributed by atoms with E-state index >= 15 is 0 Å². The molecule has 0 radical (unpaired) electrons. The molecule has 2 N–H and O–H groups in total. The van der Waals surface area contributed by atoms with E-state index in [2.05, 4.69) is 13.0 Å². The summed E-state index contributed by atoms with van der Waals surface area (Å²) in [4.78, 5) is 0. The highest BCUT2D eigenvalue weighted by Gasteiger charge is 2.51. The molecule has 76 valence electrons. The zero-order chi connectivity index (χ0) is 10.2. The Bertz CT molecular complexity index is 337. The largest absolute Gasteiger partial charge is 0.321 e. The summed E-state index contributed by atoms with van der Waals surface area (Å²) in [6.07, 6.45) is 3.50. The molecule has 1 aliphatic rings. The molecule has 0 aliphatic heterocycles. The molecule has 0 heterocycles. The fourth-order valence-corrected chi connectivity index (χ4v) is 2.54. The highest BCUT2D eigenvalue weighted by atomic mass is 35.5. The SMILES string of the molecule is CCCC1CC1(N)c1ccccc1Cl. The molecule has 1 nitrogen and oxygen atoms in total. The first kappa shape index (κ1) is 10.0. The topological polar surface area (TPSA) is 26.0 Å². The molecule has 0 aromatic heterocycles. The molecule has 1 saturated carbocycles. The monoisotopic (exact) mass is 209 g/mol. The minimum atomic E-state index is -0.131. The fourth-order valence-electron chi connectivity index (χ4n) is 2.23. The van der Waals surface area contributed by atoms with Gasteiger partial charge in [0, 0.05) is 10.6 Å². The van der Waals surface area contributed by atoms with E-state index in [-0.39, 0.29) is 5.54 Å². The molecule has 2 rings (SSSR count). The first-order valence-corrected chi connectivity index (χ1v) is 5.60. The van der Waals surface area contributed by atoms with Crippen molar-refractivity contribution in [3.8, 4) is 0 Å². The third kappa shape index (κ3) is 1.55. The van der Waals surface area contributed by atoms with Crippen LogP contribution in [0.2, 0.25) is 5.02 Å². The number of nitrogens with two attached hydrogens (primary N) is 1. The molecule has 1 fully saturated rings. The Hall–Kier alpha value is -0.530. The zero-order valence-electron chi connectivity index (χ0n) is 8.46. The molecule has 1 aromatic carbocycles. The van der Waals surface area contributed by atoms with Crippen LogP contribution >= 0.6 is 11.6 Å². The number of benzene rings is 1. The van der Waals surface area contributed by atoms with Gasteiger partial charge in [-0.3, -0.25) is 0 Å². The van der Waals surface area contributed by atoms with Crippen molar-refractivity contribution in [2.24, 2.45) is 11.7 Å². The molecule has 0 saturated heterocycles. The van der Waals surface area contributed by atoms with Gasteiger partial charge < -0.3 is 5.73 Å². The molecule has 1 aliphatic carbocycles. The first-order chi connectivity index (χ1) is 6.68. The van der Waals surface area contributed by atoms with Crippen molar-refractivity contribution in [2.75, 3.05) is 0 Å². The summed E-state index contributed by atoms with van der Waals surface area (Å²) >= 11 is 6.13. The second-order valence-corrected chi connectivity index (χ2v) is 4.62. The Balaban J connectivity index is 2.21. The van der Waals surface area contributed by atoms with Crippen LogP contribution < -0.4 is 5.73 Å². The molecular weight excluding hydrogens is 194 g/mol. The number of rotatable bonds is 3. The average molecular weight is 210 g/mol. The number of halogens is 1. The van der Waals surface area contributed by atoms with E-state index < -0.39 is 0 Å². The molecule has 0 spiro atoms. The van der Waals surface area contributed by atoms with Gasteiger partial charge in [-0.15, -0.1) is 0 Å². The second kappa shape index (κ2) is 3.56. The smallest absolute Gasteiger partial charge is 0.0457 e. The highest BCUT2D eigenvalue weighted by molar-refractivity contribution is 6.31. The van der Waals surface area contributed by atoms with E-state index in [0.717, 1.165) is 17.0 Å². The Morgan fingerprint density at radius 1 is 1.50 bits per heavy atom.